The number of β-amino-alcohol motifs (C(OH)–C–C–N with tert-alkyl or cyclic N) is 1. The Kier molecular flexibility index (Phi) is 4.43. The second-order valence-electron chi connectivity index (χ2n) is 7.32. The average molecular weight is 343 g/mol. The van der Waals surface area contributed by atoms with Crippen molar-refractivity contribution in [3.63, 3.8) is 0 Å². The largest absolute Gasteiger partial charge is 0.387 e. The minimum absolute atomic E-state index is 0.0805. The molecule has 2 saturated heterocycles. The van der Waals surface area contributed by atoms with Gasteiger partial charge in [0, 0.05) is 19.5 Å². The van der Waals surface area contributed by atoms with Gasteiger partial charge in [-0.25, -0.2) is 4.68 Å². The Balaban J connectivity index is 1.32. The standard InChI is InChI=1S/C18H25N5O2/c24-17(7-11-23-16-6-2-1-5-15(16)19-20-23)22-12-8-18(25,14-22)13-21-9-3-4-10-21/h1-2,5-6,25H,3-4,7-14H2/t18-/m0/s1. The fourth-order valence-corrected chi connectivity index (χ4v) is 4.00. The van der Waals surface area contributed by atoms with Gasteiger partial charge in [0.25, 0.3) is 0 Å². The Morgan fingerprint density at radius 3 is 2.84 bits per heavy atom. The third-order valence-electron chi connectivity index (χ3n) is 5.36. The van der Waals surface area contributed by atoms with Crippen molar-refractivity contribution in [2.24, 2.45) is 0 Å². The summed E-state index contributed by atoms with van der Waals surface area (Å²) < 4.78 is 1.78. The predicted octanol–water partition coefficient (Wildman–Crippen LogP) is 0.881. The summed E-state index contributed by atoms with van der Waals surface area (Å²) in [6, 6.07) is 7.75. The second-order valence-corrected chi connectivity index (χ2v) is 7.32. The summed E-state index contributed by atoms with van der Waals surface area (Å²) in [4.78, 5) is 16.7. The van der Waals surface area contributed by atoms with Gasteiger partial charge in [0.1, 0.15) is 5.52 Å². The monoisotopic (exact) mass is 343 g/mol. The van der Waals surface area contributed by atoms with E-state index in [2.05, 4.69) is 15.2 Å². The smallest absolute Gasteiger partial charge is 0.224 e. The third-order valence-corrected chi connectivity index (χ3v) is 5.36. The van der Waals surface area contributed by atoms with Crippen LogP contribution in [0.3, 0.4) is 0 Å². The van der Waals surface area contributed by atoms with E-state index in [1.807, 2.05) is 24.3 Å². The van der Waals surface area contributed by atoms with Gasteiger partial charge in [-0.2, -0.15) is 0 Å². The number of benzene rings is 1. The van der Waals surface area contributed by atoms with Crippen molar-refractivity contribution >= 4 is 16.9 Å². The lowest BCUT2D eigenvalue weighted by Crippen LogP contribution is -2.45. The number of nitrogens with zero attached hydrogens (tertiary/aromatic N) is 5. The van der Waals surface area contributed by atoms with E-state index in [1.54, 1.807) is 9.58 Å². The fraction of sp³-hybridized carbons (Fsp3) is 0.611. The highest BCUT2D eigenvalue weighted by atomic mass is 16.3. The van der Waals surface area contributed by atoms with Gasteiger partial charge in [0.05, 0.1) is 24.2 Å². The Labute approximate surface area is 147 Å². The van der Waals surface area contributed by atoms with Crippen molar-refractivity contribution < 1.29 is 9.90 Å². The Morgan fingerprint density at radius 1 is 1.20 bits per heavy atom. The fourth-order valence-electron chi connectivity index (χ4n) is 4.00. The number of carbonyl (C=O) groups excluding carboxylic acids is 1. The number of hydrogen-bond donors (Lipinski definition) is 1. The summed E-state index contributed by atoms with van der Waals surface area (Å²) in [6.45, 7) is 4.41. The third kappa shape index (κ3) is 3.52. The number of likely N-dealkylation sites (tertiary alicyclic amines) is 2. The SMILES string of the molecule is O=C(CCn1nnc2ccccc21)N1CC[C@](O)(CN2CCCC2)C1. The number of fused-ring (bicyclic) bond motifs is 1. The molecule has 3 heterocycles. The molecule has 4 rings (SSSR count). The highest BCUT2D eigenvalue weighted by Gasteiger charge is 2.39. The molecular formula is C18H25N5O2. The van der Waals surface area contributed by atoms with Crippen LogP contribution in [0.4, 0.5) is 0 Å². The second kappa shape index (κ2) is 6.72. The average Bonchev–Trinajstić information content (AvgIpc) is 3.33. The molecule has 0 unspecified atom stereocenters. The number of aliphatic hydroxyl groups is 1. The molecule has 25 heavy (non-hydrogen) atoms. The molecule has 1 N–H and O–H groups in total. The molecule has 2 aromatic rings. The van der Waals surface area contributed by atoms with Gasteiger partial charge in [0.2, 0.25) is 5.91 Å². The highest BCUT2D eigenvalue weighted by Crippen LogP contribution is 2.25. The highest BCUT2D eigenvalue weighted by molar-refractivity contribution is 5.77. The molecular weight excluding hydrogens is 318 g/mol. The van der Waals surface area contributed by atoms with E-state index in [-0.39, 0.29) is 5.91 Å². The van der Waals surface area contributed by atoms with E-state index in [0.717, 1.165) is 24.1 Å². The number of rotatable bonds is 5. The molecule has 2 fully saturated rings. The van der Waals surface area contributed by atoms with Crippen LogP contribution in [0.1, 0.15) is 25.7 Å². The predicted molar refractivity (Wildman–Crippen MR) is 94.0 cm³/mol. The number of hydrogen-bond acceptors (Lipinski definition) is 5. The molecule has 0 radical (unpaired) electrons. The van der Waals surface area contributed by atoms with Gasteiger partial charge in [-0.1, -0.05) is 17.3 Å². The first-order valence-corrected chi connectivity index (χ1v) is 9.14. The van der Waals surface area contributed by atoms with Crippen LogP contribution < -0.4 is 0 Å². The zero-order valence-corrected chi connectivity index (χ0v) is 14.5. The summed E-state index contributed by atoms with van der Waals surface area (Å²) in [5.41, 5.74) is 1.04. The van der Waals surface area contributed by atoms with Crippen LogP contribution in [0.15, 0.2) is 24.3 Å². The molecule has 0 bridgehead atoms. The van der Waals surface area contributed by atoms with E-state index in [1.165, 1.54) is 12.8 Å². The Morgan fingerprint density at radius 2 is 2.00 bits per heavy atom. The molecule has 0 aliphatic carbocycles. The topological polar surface area (TPSA) is 74.5 Å². The normalized spacial score (nSPS) is 24.4. The summed E-state index contributed by atoms with van der Waals surface area (Å²) in [5.74, 6) is 0.0805. The Hall–Kier alpha value is -1.99. The molecule has 0 saturated carbocycles. The molecule has 0 spiro atoms. The lowest BCUT2D eigenvalue weighted by Gasteiger charge is -2.28. The lowest BCUT2D eigenvalue weighted by molar-refractivity contribution is -0.131. The number of para-hydroxylation sites is 1. The molecule has 2 aliphatic heterocycles. The first kappa shape index (κ1) is 16.5. The zero-order valence-electron chi connectivity index (χ0n) is 14.5. The van der Waals surface area contributed by atoms with Crippen LogP contribution >= 0.6 is 0 Å². The zero-order chi connectivity index (χ0) is 17.3. The van der Waals surface area contributed by atoms with E-state index in [9.17, 15) is 9.90 Å². The van der Waals surface area contributed by atoms with Gasteiger partial charge in [-0.15, -0.1) is 5.10 Å². The van der Waals surface area contributed by atoms with Crippen molar-refractivity contribution in [1.29, 1.82) is 0 Å². The van der Waals surface area contributed by atoms with Crippen LogP contribution in [0.5, 0.6) is 0 Å². The van der Waals surface area contributed by atoms with Crippen LogP contribution in [0.2, 0.25) is 0 Å². The van der Waals surface area contributed by atoms with E-state index >= 15 is 0 Å². The Bertz CT molecular complexity index is 755. The first-order valence-electron chi connectivity index (χ1n) is 9.14. The van der Waals surface area contributed by atoms with E-state index in [4.69, 9.17) is 0 Å². The molecule has 1 amide bonds. The van der Waals surface area contributed by atoms with Crippen LogP contribution in [0, 0.1) is 0 Å². The van der Waals surface area contributed by atoms with Crippen LogP contribution in [-0.4, -0.2) is 74.1 Å². The quantitative estimate of drug-likeness (QED) is 0.872. The van der Waals surface area contributed by atoms with Crippen LogP contribution in [0.25, 0.3) is 11.0 Å². The van der Waals surface area contributed by atoms with Crippen molar-refractivity contribution in [1.82, 2.24) is 24.8 Å². The molecule has 2 aliphatic rings. The minimum atomic E-state index is -0.750. The summed E-state index contributed by atoms with van der Waals surface area (Å²) in [6.07, 6.45) is 3.48. The summed E-state index contributed by atoms with van der Waals surface area (Å²) >= 11 is 0. The first-order chi connectivity index (χ1) is 12.1. The maximum absolute atomic E-state index is 12.5. The van der Waals surface area contributed by atoms with Crippen molar-refractivity contribution in [2.45, 2.75) is 37.8 Å². The molecule has 7 nitrogen and oxygen atoms in total. The number of aromatic nitrogens is 3. The number of carbonyl (C=O) groups is 1. The molecule has 134 valence electrons. The van der Waals surface area contributed by atoms with Gasteiger partial charge in [-0.3, -0.25) is 4.79 Å². The van der Waals surface area contributed by atoms with Crippen molar-refractivity contribution in [2.75, 3.05) is 32.7 Å². The summed E-state index contributed by atoms with van der Waals surface area (Å²) in [7, 11) is 0. The van der Waals surface area contributed by atoms with Crippen molar-refractivity contribution in [3.8, 4) is 0 Å². The molecule has 1 atom stereocenters. The van der Waals surface area contributed by atoms with E-state index < -0.39 is 5.60 Å². The molecule has 7 heteroatoms. The van der Waals surface area contributed by atoms with Gasteiger partial charge >= 0.3 is 0 Å². The molecule has 1 aromatic heterocycles. The van der Waals surface area contributed by atoms with Crippen molar-refractivity contribution in [3.05, 3.63) is 24.3 Å². The van der Waals surface area contributed by atoms with E-state index in [0.29, 0.717) is 39.0 Å². The maximum atomic E-state index is 12.5. The van der Waals surface area contributed by atoms with Gasteiger partial charge in [-0.05, 0) is 44.5 Å². The minimum Gasteiger partial charge on any atom is -0.387 e. The number of aryl methyl sites for hydroxylation is 1. The van der Waals surface area contributed by atoms with Gasteiger partial charge < -0.3 is 14.9 Å². The molecule has 1 aromatic carbocycles. The van der Waals surface area contributed by atoms with Gasteiger partial charge in [0.15, 0.2) is 0 Å². The number of amides is 1. The van der Waals surface area contributed by atoms with Crippen LogP contribution in [-0.2, 0) is 11.3 Å². The summed E-state index contributed by atoms with van der Waals surface area (Å²) in [5, 5.41) is 19.0. The lowest BCUT2D eigenvalue weighted by atomic mass is 10.0. The maximum Gasteiger partial charge on any atom is 0.224 e.